The molecule has 0 unspecified atom stereocenters. The molecule has 20 heavy (non-hydrogen) atoms. The first-order valence-corrected chi connectivity index (χ1v) is 8.02. The number of carbonyl (C=O) groups excluding carboxylic acids is 1. The number of hydrogen-bond donors (Lipinski definition) is 1. The largest absolute Gasteiger partial charge is 0.444 e. The Bertz CT molecular complexity index is 556. The second-order valence-electron chi connectivity index (χ2n) is 5.56. The van der Waals surface area contributed by atoms with Gasteiger partial charge in [-0.25, -0.2) is 13.2 Å². The van der Waals surface area contributed by atoms with Crippen molar-refractivity contribution < 1.29 is 17.9 Å². The molecule has 0 radical (unpaired) electrons. The van der Waals surface area contributed by atoms with Crippen molar-refractivity contribution in [1.29, 1.82) is 0 Å². The second-order valence-corrected chi connectivity index (χ2v) is 7.67. The lowest BCUT2D eigenvalue weighted by Gasteiger charge is -2.19. The number of amides is 1. The van der Waals surface area contributed by atoms with Crippen molar-refractivity contribution >= 4 is 15.9 Å². The summed E-state index contributed by atoms with van der Waals surface area (Å²) in [5, 5.41) is 2.44. The summed E-state index contributed by atoms with van der Waals surface area (Å²) in [6.45, 7) is 7.15. The predicted molar refractivity (Wildman–Crippen MR) is 77.5 cm³/mol. The number of ether oxygens (including phenoxy) is 1. The molecule has 0 aliphatic heterocycles. The number of alkyl carbamates (subject to hydrolysis) is 1. The van der Waals surface area contributed by atoms with Crippen LogP contribution in [-0.2, 0) is 14.6 Å². The molecule has 0 bridgehead atoms. The SMILES string of the molecule is Cc1ccc(S(=O)(=O)CCNC(=O)OC(C)(C)C)cc1. The Morgan fingerprint density at radius 3 is 2.25 bits per heavy atom. The fourth-order valence-corrected chi connectivity index (χ4v) is 2.62. The molecule has 0 spiro atoms. The van der Waals surface area contributed by atoms with Crippen molar-refractivity contribution in [3.8, 4) is 0 Å². The van der Waals surface area contributed by atoms with Gasteiger partial charge in [-0.15, -0.1) is 0 Å². The smallest absolute Gasteiger partial charge is 0.407 e. The van der Waals surface area contributed by atoms with Crippen molar-refractivity contribution in [3.05, 3.63) is 29.8 Å². The average Bonchev–Trinajstić information content (AvgIpc) is 2.26. The monoisotopic (exact) mass is 299 g/mol. The summed E-state index contributed by atoms with van der Waals surface area (Å²) in [5.41, 5.74) is 0.399. The third-order valence-corrected chi connectivity index (χ3v) is 4.15. The fraction of sp³-hybridized carbons (Fsp3) is 0.500. The van der Waals surface area contributed by atoms with E-state index in [2.05, 4.69) is 5.32 Å². The molecule has 0 atom stereocenters. The molecule has 0 aliphatic rings. The van der Waals surface area contributed by atoms with Crippen molar-refractivity contribution in [1.82, 2.24) is 5.32 Å². The topological polar surface area (TPSA) is 72.5 Å². The van der Waals surface area contributed by atoms with E-state index >= 15 is 0 Å². The lowest BCUT2D eigenvalue weighted by molar-refractivity contribution is 0.0531. The van der Waals surface area contributed by atoms with Gasteiger partial charge in [0.1, 0.15) is 5.60 Å². The average molecular weight is 299 g/mol. The molecule has 1 N–H and O–H groups in total. The van der Waals surface area contributed by atoms with Gasteiger partial charge in [0.2, 0.25) is 0 Å². The molecule has 0 fully saturated rings. The zero-order chi connectivity index (χ0) is 15.4. The number of nitrogens with one attached hydrogen (secondary N) is 1. The van der Waals surface area contributed by atoms with E-state index in [-0.39, 0.29) is 17.2 Å². The van der Waals surface area contributed by atoms with E-state index in [0.29, 0.717) is 0 Å². The molecule has 0 saturated carbocycles. The molecule has 112 valence electrons. The molecule has 6 heteroatoms. The first-order chi connectivity index (χ1) is 9.10. The van der Waals surface area contributed by atoms with Gasteiger partial charge in [-0.3, -0.25) is 0 Å². The molecule has 1 aromatic carbocycles. The lowest BCUT2D eigenvalue weighted by Crippen LogP contribution is -2.35. The normalized spacial score (nSPS) is 12.0. The van der Waals surface area contributed by atoms with Gasteiger partial charge in [0.25, 0.3) is 0 Å². The zero-order valence-corrected chi connectivity index (χ0v) is 13.1. The summed E-state index contributed by atoms with van der Waals surface area (Å²) in [4.78, 5) is 11.7. The van der Waals surface area contributed by atoms with Gasteiger partial charge in [-0.1, -0.05) is 17.7 Å². The van der Waals surface area contributed by atoms with Crippen molar-refractivity contribution in [2.75, 3.05) is 12.3 Å². The van der Waals surface area contributed by atoms with Crippen LogP contribution < -0.4 is 5.32 Å². The molecule has 0 heterocycles. The van der Waals surface area contributed by atoms with E-state index in [4.69, 9.17) is 4.74 Å². The highest BCUT2D eigenvalue weighted by Crippen LogP contribution is 2.12. The van der Waals surface area contributed by atoms with Crippen LogP contribution in [0, 0.1) is 6.92 Å². The number of carbonyl (C=O) groups is 1. The Morgan fingerprint density at radius 2 is 1.75 bits per heavy atom. The third-order valence-electron chi connectivity index (χ3n) is 2.42. The van der Waals surface area contributed by atoms with Crippen LogP contribution in [-0.4, -0.2) is 32.4 Å². The summed E-state index contributed by atoms with van der Waals surface area (Å²) in [6.07, 6.45) is -0.614. The van der Waals surface area contributed by atoms with E-state index < -0.39 is 21.5 Å². The predicted octanol–water partition coefficient (Wildman–Crippen LogP) is 2.29. The summed E-state index contributed by atoms with van der Waals surface area (Å²) in [6, 6.07) is 6.62. The maximum absolute atomic E-state index is 12.0. The van der Waals surface area contributed by atoms with Gasteiger partial charge >= 0.3 is 6.09 Å². The van der Waals surface area contributed by atoms with Crippen LogP contribution in [0.4, 0.5) is 4.79 Å². The van der Waals surface area contributed by atoms with Crippen molar-refractivity contribution in [3.63, 3.8) is 0 Å². The number of hydrogen-bond acceptors (Lipinski definition) is 4. The van der Waals surface area contributed by atoms with Crippen LogP contribution in [0.1, 0.15) is 26.3 Å². The molecule has 0 saturated heterocycles. The van der Waals surface area contributed by atoms with E-state index in [9.17, 15) is 13.2 Å². The molecule has 1 aromatic rings. The number of sulfone groups is 1. The van der Waals surface area contributed by atoms with E-state index in [1.807, 2.05) is 6.92 Å². The fourth-order valence-electron chi connectivity index (χ4n) is 1.47. The maximum atomic E-state index is 12.0. The summed E-state index contributed by atoms with van der Waals surface area (Å²) in [5.74, 6) is -0.157. The molecule has 1 rings (SSSR count). The van der Waals surface area contributed by atoms with E-state index in [0.717, 1.165) is 5.56 Å². The minimum atomic E-state index is -3.39. The molecule has 5 nitrogen and oxygen atoms in total. The van der Waals surface area contributed by atoms with E-state index in [1.54, 1.807) is 45.0 Å². The Kier molecular flexibility index (Phi) is 5.16. The quantitative estimate of drug-likeness (QED) is 0.926. The summed E-state index contributed by atoms with van der Waals surface area (Å²) < 4.78 is 29.1. The van der Waals surface area contributed by atoms with Crippen molar-refractivity contribution in [2.45, 2.75) is 38.2 Å². The van der Waals surface area contributed by atoms with Crippen molar-refractivity contribution in [2.24, 2.45) is 0 Å². The van der Waals surface area contributed by atoms with E-state index in [1.165, 1.54) is 0 Å². The summed E-state index contributed by atoms with van der Waals surface area (Å²) in [7, 11) is -3.39. The third kappa shape index (κ3) is 5.61. The molecule has 1 amide bonds. The van der Waals surface area contributed by atoms with Gasteiger partial charge in [0.05, 0.1) is 10.6 Å². The highest BCUT2D eigenvalue weighted by molar-refractivity contribution is 7.91. The van der Waals surface area contributed by atoms with Crippen LogP contribution in [0.2, 0.25) is 0 Å². The Morgan fingerprint density at radius 1 is 1.20 bits per heavy atom. The Balaban J connectivity index is 2.53. The molecule has 0 aromatic heterocycles. The van der Waals surface area contributed by atoms with Gasteiger partial charge in [-0.2, -0.15) is 0 Å². The van der Waals surface area contributed by atoms with Crippen LogP contribution >= 0.6 is 0 Å². The minimum absolute atomic E-state index is 0.0190. The van der Waals surface area contributed by atoms with Gasteiger partial charge in [0.15, 0.2) is 9.84 Å². The highest BCUT2D eigenvalue weighted by atomic mass is 32.2. The van der Waals surface area contributed by atoms with Crippen LogP contribution in [0.25, 0.3) is 0 Å². The highest BCUT2D eigenvalue weighted by Gasteiger charge is 2.18. The number of benzene rings is 1. The Labute approximate surface area is 120 Å². The standard InChI is InChI=1S/C14H21NO4S/c1-11-5-7-12(8-6-11)20(17,18)10-9-15-13(16)19-14(2,3)4/h5-8H,9-10H2,1-4H3,(H,15,16). The van der Waals surface area contributed by atoms with Crippen LogP contribution in [0.3, 0.4) is 0 Å². The molecular formula is C14H21NO4S. The lowest BCUT2D eigenvalue weighted by atomic mass is 10.2. The van der Waals surface area contributed by atoms with Gasteiger partial charge in [-0.05, 0) is 39.8 Å². The van der Waals surface area contributed by atoms with Gasteiger partial charge < -0.3 is 10.1 Å². The number of rotatable bonds is 4. The summed E-state index contributed by atoms with van der Waals surface area (Å²) >= 11 is 0. The van der Waals surface area contributed by atoms with Crippen LogP contribution in [0.5, 0.6) is 0 Å². The molecular weight excluding hydrogens is 278 g/mol. The Hall–Kier alpha value is -1.56. The maximum Gasteiger partial charge on any atom is 0.407 e. The first-order valence-electron chi connectivity index (χ1n) is 6.36. The second kappa shape index (κ2) is 6.26. The number of aryl methyl sites for hydroxylation is 1. The minimum Gasteiger partial charge on any atom is -0.444 e. The molecule has 0 aliphatic carbocycles. The zero-order valence-electron chi connectivity index (χ0n) is 12.3. The van der Waals surface area contributed by atoms with Gasteiger partial charge in [0, 0.05) is 6.54 Å². The first kappa shape index (κ1) is 16.5. The van der Waals surface area contributed by atoms with Crippen LogP contribution in [0.15, 0.2) is 29.2 Å².